The third-order valence-electron chi connectivity index (χ3n) is 4.14. The highest BCUT2D eigenvalue weighted by Crippen LogP contribution is 2.13. The van der Waals surface area contributed by atoms with Crippen LogP contribution in [0.1, 0.15) is 17.0 Å². The molecule has 0 bridgehead atoms. The highest BCUT2D eigenvalue weighted by atomic mass is 35.5. The van der Waals surface area contributed by atoms with E-state index < -0.39 is 0 Å². The lowest BCUT2D eigenvalue weighted by Crippen LogP contribution is -2.06. The van der Waals surface area contributed by atoms with Crippen molar-refractivity contribution < 1.29 is 0 Å². The van der Waals surface area contributed by atoms with E-state index in [9.17, 15) is 0 Å². The second-order valence-electron chi connectivity index (χ2n) is 6.09. The molecule has 0 aliphatic rings. The predicted molar refractivity (Wildman–Crippen MR) is 112 cm³/mol. The monoisotopic (exact) mass is 372 g/mol. The lowest BCUT2D eigenvalue weighted by atomic mass is 10.1. The maximum Gasteiger partial charge on any atom is 0.113 e. The average molecular weight is 373 g/mol. The Kier molecular flexibility index (Phi) is 5.08. The normalized spacial score (nSPS) is 12.1. The maximum atomic E-state index is 5.92. The number of halogens is 1. The molecule has 27 heavy (non-hydrogen) atoms. The number of benzene rings is 3. The Labute approximate surface area is 162 Å². The summed E-state index contributed by atoms with van der Waals surface area (Å²) in [4.78, 5) is 8.00. The molecule has 4 rings (SSSR count). The van der Waals surface area contributed by atoms with Crippen LogP contribution in [0.15, 0.2) is 89.1 Å². The molecule has 0 fully saturated rings. The molecule has 132 valence electrons. The Balaban J connectivity index is 1.63. The molecule has 4 nitrogen and oxygen atoms in total. The molecule has 0 aliphatic heterocycles. The zero-order chi connectivity index (χ0) is 18.5. The van der Waals surface area contributed by atoms with Crippen molar-refractivity contribution in [2.75, 3.05) is 0 Å². The number of fused-ring (bicyclic) bond motifs is 1. The topological polar surface area (TPSA) is 53.4 Å². The van der Waals surface area contributed by atoms with Crippen molar-refractivity contribution in [3.63, 3.8) is 0 Å². The van der Waals surface area contributed by atoms with Crippen molar-refractivity contribution >= 4 is 34.6 Å². The van der Waals surface area contributed by atoms with E-state index in [0.29, 0.717) is 11.4 Å². The van der Waals surface area contributed by atoms with Gasteiger partial charge in [-0.25, -0.2) is 4.98 Å². The Morgan fingerprint density at radius 3 is 2.44 bits per heavy atom. The molecular weight excluding hydrogens is 356 g/mol. The Hall–Kier alpha value is -3.24. The SMILES string of the molecule is Clc1ccc(C=NN=C(Cc2nc3ccccc3[nH]2)c2ccccc2)cc1. The second kappa shape index (κ2) is 7.98. The summed E-state index contributed by atoms with van der Waals surface area (Å²) >= 11 is 5.92. The maximum absolute atomic E-state index is 5.92. The van der Waals surface area contributed by atoms with Gasteiger partial charge in [0.15, 0.2) is 0 Å². The fraction of sp³-hybridized carbons (Fsp3) is 0.0455. The van der Waals surface area contributed by atoms with Gasteiger partial charge >= 0.3 is 0 Å². The fourth-order valence-corrected chi connectivity index (χ4v) is 2.91. The van der Waals surface area contributed by atoms with Crippen LogP contribution in [0.5, 0.6) is 0 Å². The molecule has 0 radical (unpaired) electrons. The van der Waals surface area contributed by atoms with Gasteiger partial charge in [0.1, 0.15) is 5.82 Å². The molecule has 0 spiro atoms. The zero-order valence-electron chi connectivity index (χ0n) is 14.5. The van der Waals surface area contributed by atoms with Crippen LogP contribution in [0.25, 0.3) is 11.0 Å². The van der Waals surface area contributed by atoms with E-state index in [1.807, 2.05) is 78.9 Å². The van der Waals surface area contributed by atoms with Gasteiger partial charge in [-0.05, 0) is 35.4 Å². The molecule has 0 aliphatic carbocycles. The van der Waals surface area contributed by atoms with Crippen molar-refractivity contribution in [2.24, 2.45) is 10.2 Å². The molecule has 0 amide bonds. The number of para-hydroxylation sites is 2. The van der Waals surface area contributed by atoms with E-state index in [-0.39, 0.29) is 0 Å². The van der Waals surface area contributed by atoms with Crippen LogP contribution in [0.2, 0.25) is 5.02 Å². The van der Waals surface area contributed by atoms with Crippen LogP contribution in [-0.2, 0) is 6.42 Å². The summed E-state index contributed by atoms with van der Waals surface area (Å²) in [5, 5.41) is 9.45. The number of imidazole rings is 1. The van der Waals surface area contributed by atoms with Gasteiger partial charge in [0.2, 0.25) is 0 Å². The summed E-state index contributed by atoms with van der Waals surface area (Å²) in [7, 11) is 0. The third kappa shape index (κ3) is 4.30. The summed E-state index contributed by atoms with van der Waals surface area (Å²) in [6, 6.07) is 25.5. The van der Waals surface area contributed by atoms with Crippen LogP contribution in [0.4, 0.5) is 0 Å². The Morgan fingerprint density at radius 2 is 1.67 bits per heavy atom. The van der Waals surface area contributed by atoms with Crippen LogP contribution < -0.4 is 0 Å². The molecule has 4 aromatic rings. The minimum atomic E-state index is 0.566. The lowest BCUT2D eigenvalue weighted by Gasteiger charge is -2.03. The molecule has 0 saturated carbocycles. The average Bonchev–Trinajstić information content (AvgIpc) is 3.12. The van der Waals surface area contributed by atoms with Gasteiger partial charge in [0.05, 0.1) is 29.4 Å². The number of hydrogen-bond acceptors (Lipinski definition) is 3. The van der Waals surface area contributed by atoms with Gasteiger partial charge in [-0.15, -0.1) is 0 Å². The Morgan fingerprint density at radius 1 is 0.926 bits per heavy atom. The standard InChI is InChI=1S/C22H17ClN4/c23-18-12-10-16(11-13-18)15-24-27-21(17-6-2-1-3-7-17)14-22-25-19-8-4-5-9-20(19)26-22/h1-13,15H,14H2,(H,25,26). The van der Waals surface area contributed by atoms with Crippen molar-refractivity contribution in [1.29, 1.82) is 0 Å². The summed E-state index contributed by atoms with van der Waals surface area (Å²) in [5.41, 5.74) is 4.78. The first-order valence-electron chi connectivity index (χ1n) is 8.62. The fourth-order valence-electron chi connectivity index (χ4n) is 2.79. The predicted octanol–water partition coefficient (Wildman–Crippen LogP) is 5.28. The summed E-state index contributed by atoms with van der Waals surface area (Å²) in [6.45, 7) is 0. The van der Waals surface area contributed by atoms with Crippen LogP contribution in [0, 0.1) is 0 Å². The van der Waals surface area contributed by atoms with Gasteiger partial charge < -0.3 is 4.98 Å². The first-order chi connectivity index (χ1) is 13.3. The van der Waals surface area contributed by atoms with Gasteiger partial charge in [0, 0.05) is 5.02 Å². The van der Waals surface area contributed by atoms with E-state index in [0.717, 1.165) is 33.7 Å². The van der Waals surface area contributed by atoms with Crippen molar-refractivity contribution in [3.05, 3.63) is 101 Å². The summed E-state index contributed by atoms with van der Waals surface area (Å²) < 4.78 is 0. The largest absolute Gasteiger partial charge is 0.342 e. The van der Waals surface area contributed by atoms with E-state index >= 15 is 0 Å². The molecule has 5 heteroatoms. The molecule has 0 unspecified atom stereocenters. The zero-order valence-corrected chi connectivity index (χ0v) is 15.3. The number of nitrogens with one attached hydrogen (secondary N) is 1. The van der Waals surface area contributed by atoms with Gasteiger partial charge in [-0.3, -0.25) is 0 Å². The number of hydrogen-bond donors (Lipinski definition) is 1. The van der Waals surface area contributed by atoms with Crippen molar-refractivity contribution in [2.45, 2.75) is 6.42 Å². The van der Waals surface area contributed by atoms with Crippen molar-refractivity contribution in [3.8, 4) is 0 Å². The minimum Gasteiger partial charge on any atom is -0.342 e. The first kappa shape index (κ1) is 17.2. The molecule has 3 aromatic carbocycles. The van der Waals surface area contributed by atoms with Crippen molar-refractivity contribution in [1.82, 2.24) is 9.97 Å². The number of aromatic nitrogens is 2. The first-order valence-corrected chi connectivity index (χ1v) is 9.00. The van der Waals surface area contributed by atoms with Gasteiger partial charge in [-0.1, -0.05) is 66.2 Å². The number of nitrogens with zero attached hydrogens (tertiary/aromatic N) is 3. The minimum absolute atomic E-state index is 0.566. The second-order valence-corrected chi connectivity index (χ2v) is 6.52. The van der Waals surface area contributed by atoms with E-state index in [4.69, 9.17) is 11.6 Å². The smallest absolute Gasteiger partial charge is 0.113 e. The molecule has 1 N–H and O–H groups in total. The summed E-state index contributed by atoms with van der Waals surface area (Å²) in [6.07, 6.45) is 2.29. The van der Waals surface area contributed by atoms with Gasteiger partial charge in [0.25, 0.3) is 0 Å². The van der Waals surface area contributed by atoms with E-state index in [1.54, 1.807) is 6.21 Å². The van der Waals surface area contributed by atoms with Crippen LogP contribution >= 0.6 is 11.6 Å². The summed E-state index contributed by atoms with van der Waals surface area (Å²) in [5.74, 6) is 0.862. The van der Waals surface area contributed by atoms with E-state index in [1.165, 1.54) is 0 Å². The molecule has 1 aromatic heterocycles. The highest BCUT2D eigenvalue weighted by molar-refractivity contribution is 6.30. The van der Waals surface area contributed by atoms with Gasteiger partial charge in [-0.2, -0.15) is 10.2 Å². The van der Waals surface area contributed by atoms with Crippen LogP contribution in [-0.4, -0.2) is 21.9 Å². The molecule has 1 heterocycles. The lowest BCUT2D eigenvalue weighted by molar-refractivity contribution is 1.08. The van der Waals surface area contributed by atoms with Crippen LogP contribution in [0.3, 0.4) is 0 Å². The number of rotatable bonds is 5. The molecule has 0 atom stereocenters. The molecule has 0 saturated heterocycles. The third-order valence-corrected chi connectivity index (χ3v) is 4.39. The Bertz CT molecular complexity index is 1060. The molecular formula is C22H17ClN4. The number of H-pyrrole nitrogens is 1. The highest BCUT2D eigenvalue weighted by Gasteiger charge is 2.09. The number of aromatic amines is 1. The van der Waals surface area contributed by atoms with E-state index in [2.05, 4.69) is 20.2 Å². The quantitative estimate of drug-likeness (QED) is 0.376.